The van der Waals surface area contributed by atoms with Crippen molar-refractivity contribution in [3.63, 3.8) is 0 Å². The summed E-state index contributed by atoms with van der Waals surface area (Å²) in [4.78, 5) is 23.6. The van der Waals surface area contributed by atoms with Crippen molar-refractivity contribution in [2.45, 2.75) is 45.8 Å². The summed E-state index contributed by atoms with van der Waals surface area (Å²) in [6.45, 7) is 6.42. The summed E-state index contributed by atoms with van der Waals surface area (Å²) < 4.78 is 10.1. The second kappa shape index (κ2) is 6.73. The number of hydrogen-bond donors (Lipinski definition) is 1. The van der Waals surface area contributed by atoms with E-state index in [-0.39, 0.29) is 29.8 Å². The fourth-order valence-electron chi connectivity index (χ4n) is 1.90. The van der Waals surface area contributed by atoms with E-state index in [0.717, 1.165) is 12.8 Å². The molecule has 0 aromatic heterocycles. The number of carbonyl (C=O) groups excluding carboxylic acids is 2. The Morgan fingerprint density at radius 3 is 2.56 bits per heavy atom. The first-order valence-electron chi connectivity index (χ1n) is 6.54. The zero-order chi connectivity index (χ0) is 13.7. The van der Waals surface area contributed by atoms with Gasteiger partial charge in [0.1, 0.15) is 6.04 Å². The van der Waals surface area contributed by atoms with E-state index in [9.17, 15) is 9.59 Å². The van der Waals surface area contributed by atoms with Crippen molar-refractivity contribution in [1.29, 1.82) is 0 Å². The smallest absolute Gasteiger partial charge is 0.328 e. The van der Waals surface area contributed by atoms with Crippen LogP contribution in [0.3, 0.4) is 0 Å². The minimum Gasteiger partial charge on any atom is -0.467 e. The van der Waals surface area contributed by atoms with Gasteiger partial charge in [0.2, 0.25) is 5.91 Å². The third-order valence-corrected chi connectivity index (χ3v) is 3.42. The highest BCUT2D eigenvalue weighted by atomic mass is 16.5. The molecule has 5 nitrogen and oxygen atoms in total. The van der Waals surface area contributed by atoms with Gasteiger partial charge >= 0.3 is 5.97 Å². The lowest BCUT2D eigenvalue weighted by atomic mass is 9.99. The molecule has 0 aliphatic heterocycles. The summed E-state index contributed by atoms with van der Waals surface area (Å²) in [6, 6.07) is -0.560. The molecule has 0 spiro atoms. The SMILES string of the molecule is CCO[C@@H]1C[C@@H]1C(=O)N[C@@H](C(=O)OC)[C@H](C)CC. The van der Waals surface area contributed by atoms with Crippen LogP contribution in [0.4, 0.5) is 0 Å². The van der Waals surface area contributed by atoms with Crippen molar-refractivity contribution in [3.05, 3.63) is 0 Å². The van der Waals surface area contributed by atoms with E-state index < -0.39 is 6.04 Å². The van der Waals surface area contributed by atoms with E-state index in [1.807, 2.05) is 20.8 Å². The van der Waals surface area contributed by atoms with Gasteiger partial charge < -0.3 is 14.8 Å². The van der Waals surface area contributed by atoms with Crippen molar-refractivity contribution in [1.82, 2.24) is 5.32 Å². The van der Waals surface area contributed by atoms with Crippen LogP contribution in [0.5, 0.6) is 0 Å². The molecule has 0 unspecified atom stereocenters. The van der Waals surface area contributed by atoms with Crippen LogP contribution in [0.15, 0.2) is 0 Å². The van der Waals surface area contributed by atoms with Crippen LogP contribution in [-0.2, 0) is 19.1 Å². The van der Waals surface area contributed by atoms with Gasteiger partial charge in [0, 0.05) is 6.61 Å². The van der Waals surface area contributed by atoms with Gasteiger partial charge in [0.05, 0.1) is 19.1 Å². The molecule has 1 rings (SSSR count). The molecular formula is C13H23NO4. The maximum absolute atomic E-state index is 11.9. The van der Waals surface area contributed by atoms with E-state index >= 15 is 0 Å². The van der Waals surface area contributed by atoms with Crippen LogP contribution in [-0.4, -0.2) is 37.7 Å². The average Bonchev–Trinajstić information content (AvgIpc) is 3.13. The highest BCUT2D eigenvalue weighted by Gasteiger charge is 2.45. The number of nitrogens with one attached hydrogen (secondary N) is 1. The van der Waals surface area contributed by atoms with E-state index in [1.165, 1.54) is 7.11 Å². The fourth-order valence-corrected chi connectivity index (χ4v) is 1.90. The molecular weight excluding hydrogens is 234 g/mol. The molecule has 1 saturated carbocycles. The number of rotatable bonds is 7. The topological polar surface area (TPSA) is 64.6 Å². The Balaban J connectivity index is 2.51. The molecule has 0 aromatic carbocycles. The largest absolute Gasteiger partial charge is 0.467 e. The average molecular weight is 257 g/mol. The second-order valence-electron chi connectivity index (χ2n) is 4.73. The first kappa shape index (κ1) is 15.0. The second-order valence-corrected chi connectivity index (χ2v) is 4.73. The number of carbonyl (C=O) groups is 2. The number of hydrogen-bond acceptors (Lipinski definition) is 4. The Bertz CT molecular complexity index is 305. The fraction of sp³-hybridized carbons (Fsp3) is 0.846. The van der Waals surface area contributed by atoms with Gasteiger partial charge in [-0.05, 0) is 19.3 Å². The zero-order valence-electron chi connectivity index (χ0n) is 11.6. The molecule has 0 heterocycles. The van der Waals surface area contributed by atoms with Crippen LogP contribution in [0, 0.1) is 11.8 Å². The molecule has 4 atom stereocenters. The Hall–Kier alpha value is -1.10. The summed E-state index contributed by atoms with van der Waals surface area (Å²) in [7, 11) is 1.34. The van der Waals surface area contributed by atoms with E-state index in [2.05, 4.69) is 5.32 Å². The molecule has 1 fully saturated rings. The third-order valence-electron chi connectivity index (χ3n) is 3.42. The Kier molecular flexibility index (Phi) is 5.59. The van der Waals surface area contributed by atoms with E-state index in [1.54, 1.807) is 0 Å². The van der Waals surface area contributed by atoms with Crippen LogP contribution in [0.1, 0.15) is 33.6 Å². The molecule has 1 aliphatic carbocycles. The molecule has 1 N–H and O–H groups in total. The molecule has 0 radical (unpaired) electrons. The molecule has 5 heteroatoms. The Labute approximate surface area is 108 Å². The molecule has 0 bridgehead atoms. The van der Waals surface area contributed by atoms with Crippen molar-refractivity contribution < 1.29 is 19.1 Å². The molecule has 0 aromatic rings. The summed E-state index contributed by atoms with van der Waals surface area (Å²) in [6.07, 6.45) is 1.57. The molecule has 104 valence electrons. The van der Waals surface area contributed by atoms with Gasteiger partial charge in [-0.25, -0.2) is 4.79 Å². The number of esters is 1. The molecule has 18 heavy (non-hydrogen) atoms. The van der Waals surface area contributed by atoms with Gasteiger partial charge in [-0.1, -0.05) is 20.3 Å². The predicted octanol–water partition coefficient (Wildman–Crippen LogP) is 1.12. The number of amides is 1. The first-order chi connectivity index (χ1) is 8.54. The Morgan fingerprint density at radius 2 is 2.06 bits per heavy atom. The highest BCUT2D eigenvalue weighted by molar-refractivity contribution is 5.87. The summed E-state index contributed by atoms with van der Waals surface area (Å²) >= 11 is 0. The first-order valence-corrected chi connectivity index (χ1v) is 6.54. The molecule has 1 aliphatic rings. The van der Waals surface area contributed by atoms with Crippen LogP contribution in [0.25, 0.3) is 0 Å². The Morgan fingerprint density at radius 1 is 1.39 bits per heavy atom. The number of methoxy groups -OCH3 is 1. The number of ether oxygens (including phenoxy) is 2. The van der Waals surface area contributed by atoms with Gasteiger partial charge in [-0.3, -0.25) is 4.79 Å². The van der Waals surface area contributed by atoms with Crippen molar-refractivity contribution in [2.75, 3.05) is 13.7 Å². The van der Waals surface area contributed by atoms with E-state index in [4.69, 9.17) is 9.47 Å². The minimum absolute atomic E-state index is 0.0187. The monoisotopic (exact) mass is 257 g/mol. The summed E-state index contributed by atoms with van der Waals surface area (Å²) in [5, 5.41) is 2.78. The maximum Gasteiger partial charge on any atom is 0.328 e. The quantitative estimate of drug-likeness (QED) is 0.694. The summed E-state index contributed by atoms with van der Waals surface area (Å²) in [5.74, 6) is -0.540. The maximum atomic E-state index is 11.9. The lowest BCUT2D eigenvalue weighted by Gasteiger charge is -2.21. The van der Waals surface area contributed by atoms with Gasteiger partial charge in [-0.15, -0.1) is 0 Å². The van der Waals surface area contributed by atoms with Crippen molar-refractivity contribution in [2.24, 2.45) is 11.8 Å². The van der Waals surface area contributed by atoms with Gasteiger partial charge in [-0.2, -0.15) is 0 Å². The van der Waals surface area contributed by atoms with Crippen molar-refractivity contribution >= 4 is 11.9 Å². The van der Waals surface area contributed by atoms with Crippen molar-refractivity contribution in [3.8, 4) is 0 Å². The lowest BCUT2D eigenvalue weighted by Crippen LogP contribution is -2.46. The zero-order valence-corrected chi connectivity index (χ0v) is 11.6. The van der Waals surface area contributed by atoms with Crippen LogP contribution < -0.4 is 5.32 Å². The van der Waals surface area contributed by atoms with Gasteiger partial charge in [0.25, 0.3) is 0 Å². The van der Waals surface area contributed by atoms with Crippen LogP contribution >= 0.6 is 0 Å². The normalized spacial score (nSPS) is 25.1. The predicted molar refractivity (Wildman–Crippen MR) is 66.9 cm³/mol. The highest BCUT2D eigenvalue weighted by Crippen LogP contribution is 2.34. The van der Waals surface area contributed by atoms with E-state index in [0.29, 0.717) is 6.61 Å². The minimum atomic E-state index is -0.560. The molecule has 1 amide bonds. The van der Waals surface area contributed by atoms with Gasteiger partial charge in [0.15, 0.2) is 0 Å². The van der Waals surface area contributed by atoms with Crippen LogP contribution in [0.2, 0.25) is 0 Å². The molecule has 0 saturated heterocycles. The third kappa shape index (κ3) is 3.70. The lowest BCUT2D eigenvalue weighted by molar-refractivity contribution is -0.146. The summed E-state index contributed by atoms with van der Waals surface area (Å²) in [5.41, 5.74) is 0. The standard InChI is InChI=1S/C13H23NO4/c1-5-8(3)11(13(16)17-4)14-12(15)9-7-10(9)18-6-2/h8-11H,5-7H2,1-4H3,(H,14,15)/t8-,9+,10-,11-/m1/s1.